The number of hydrogen-bond acceptors (Lipinski definition) is 5. The van der Waals surface area contributed by atoms with E-state index in [9.17, 15) is 4.79 Å². The Labute approximate surface area is 191 Å². The molecule has 0 unspecified atom stereocenters. The number of nitrogens with one attached hydrogen (secondary N) is 1. The topological polar surface area (TPSA) is 69.0 Å². The van der Waals surface area contributed by atoms with Crippen molar-refractivity contribution in [1.29, 1.82) is 0 Å². The Hall–Kier alpha value is -2.77. The van der Waals surface area contributed by atoms with Gasteiger partial charge < -0.3 is 10.1 Å². The molecule has 0 bridgehead atoms. The molecule has 0 atom stereocenters. The summed E-state index contributed by atoms with van der Waals surface area (Å²) in [4.78, 5) is 12.3. The fourth-order valence-corrected chi connectivity index (χ4v) is 3.77. The summed E-state index contributed by atoms with van der Waals surface area (Å²) in [7, 11) is 0. The van der Waals surface area contributed by atoms with Crippen molar-refractivity contribution < 1.29 is 9.53 Å². The third kappa shape index (κ3) is 6.35. The molecule has 0 spiro atoms. The van der Waals surface area contributed by atoms with Crippen LogP contribution in [0.3, 0.4) is 0 Å². The van der Waals surface area contributed by atoms with Crippen LogP contribution < -0.4 is 10.1 Å². The molecule has 1 aromatic heterocycles. The minimum Gasteiger partial charge on any atom is -0.486 e. The molecule has 0 fully saturated rings. The van der Waals surface area contributed by atoms with Crippen LogP contribution in [0.15, 0.2) is 66.3 Å². The summed E-state index contributed by atoms with van der Waals surface area (Å²) in [5.41, 5.74) is 1.84. The molecule has 3 aromatic rings. The van der Waals surface area contributed by atoms with Crippen molar-refractivity contribution in [3.63, 3.8) is 0 Å². The normalized spacial score (nSPS) is 10.8. The van der Waals surface area contributed by atoms with E-state index in [1.54, 1.807) is 18.2 Å². The van der Waals surface area contributed by atoms with Gasteiger partial charge in [-0.1, -0.05) is 67.6 Å². The Morgan fingerprint density at radius 2 is 1.97 bits per heavy atom. The largest absolute Gasteiger partial charge is 0.486 e. The highest BCUT2D eigenvalue weighted by molar-refractivity contribution is 7.99. The smallest absolute Gasteiger partial charge is 0.234 e. The lowest BCUT2D eigenvalue weighted by Crippen LogP contribution is -2.15. The third-order valence-corrected chi connectivity index (χ3v) is 5.80. The third-order valence-electron chi connectivity index (χ3n) is 4.50. The molecular formula is C23H25ClN4O2S. The van der Waals surface area contributed by atoms with Gasteiger partial charge in [-0.15, -0.1) is 16.8 Å². The van der Waals surface area contributed by atoms with Gasteiger partial charge in [-0.2, -0.15) is 0 Å². The first kappa shape index (κ1) is 22.9. The average molecular weight is 457 g/mol. The van der Waals surface area contributed by atoms with E-state index in [2.05, 4.69) is 48.1 Å². The molecule has 2 aromatic carbocycles. The average Bonchev–Trinajstić information content (AvgIpc) is 3.14. The second-order valence-corrected chi connectivity index (χ2v) is 8.48. The van der Waals surface area contributed by atoms with Crippen LogP contribution in [0.5, 0.6) is 5.75 Å². The van der Waals surface area contributed by atoms with E-state index in [0.717, 1.165) is 5.75 Å². The second-order valence-electron chi connectivity index (χ2n) is 7.13. The van der Waals surface area contributed by atoms with Crippen molar-refractivity contribution in [2.24, 2.45) is 0 Å². The number of rotatable bonds is 10. The lowest BCUT2D eigenvalue weighted by molar-refractivity contribution is -0.113. The molecule has 0 aliphatic carbocycles. The number of carbonyl (C=O) groups excluding carboxylic acids is 1. The summed E-state index contributed by atoms with van der Waals surface area (Å²) in [6.45, 7) is 8.90. The zero-order valence-electron chi connectivity index (χ0n) is 17.5. The van der Waals surface area contributed by atoms with E-state index >= 15 is 0 Å². The molecule has 1 amide bonds. The summed E-state index contributed by atoms with van der Waals surface area (Å²) in [5, 5.41) is 12.4. The van der Waals surface area contributed by atoms with Gasteiger partial charge in [0.2, 0.25) is 5.91 Å². The molecule has 3 rings (SSSR count). The maximum atomic E-state index is 12.3. The molecule has 162 valence electrons. The fraction of sp³-hybridized carbons (Fsp3) is 0.261. The van der Waals surface area contributed by atoms with E-state index in [1.807, 2.05) is 28.8 Å². The molecular weight excluding hydrogens is 432 g/mol. The Morgan fingerprint density at radius 1 is 1.23 bits per heavy atom. The van der Waals surface area contributed by atoms with Gasteiger partial charge in [0.15, 0.2) is 11.0 Å². The fourth-order valence-electron chi connectivity index (χ4n) is 2.82. The summed E-state index contributed by atoms with van der Waals surface area (Å²) >= 11 is 7.39. The zero-order chi connectivity index (χ0) is 22.2. The number of ether oxygens (including phenoxy) is 1. The molecule has 6 nitrogen and oxygen atoms in total. The zero-order valence-corrected chi connectivity index (χ0v) is 19.1. The molecule has 8 heteroatoms. The number of carbonyl (C=O) groups is 1. The van der Waals surface area contributed by atoms with Crippen LogP contribution in [0, 0.1) is 0 Å². The van der Waals surface area contributed by atoms with Crippen molar-refractivity contribution >= 4 is 35.0 Å². The van der Waals surface area contributed by atoms with Crippen molar-refractivity contribution in [2.45, 2.75) is 38.1 Å². The summed E-state index contributed by atoms with van der Waals surface area (Å²) in [6, 6.07) is 15.2. The van der Waals surface area contributed by atoms with Crippen LogP contribution in [0.25, 0.3) is 0 Å². The number of anilines is 1. The highest BCUT2D eigenvalue weighted by Crippen LogP contribution is 2.23. The first-order chi connectivity index (χ1) is 15.0. The number of halogens is 1. The van der Waals surface area contributed by atoms with Gasteiger partial charge in [0, 0.05) is 6.54 Å². The number of para-hydroxylation sites is 1. The Kier molecular flexibility index (Phi) is 8.14. The summed E-state index contributed by atoms with van der Waals surface area (Å²) in [5.74, 6) is 1.92. The molecule has 0 saturated carbocycles. The quantitative estimate of drug-likeness (QED) is 0.320. The van der Waals surface area contributed by atoms with Gasteiger partial charge in [-0.3, -0.25) is 9.36 Å². The molecule has 0 radical (unpaired) electrons. The van der Waals surface area contributed by atoms with Gasteiger partial charge in [0.1, 0.15) is 12.4 Å². The molecule has 1 heterocycles. The maximum absolute atomic E-state index is 12.3. The predicted octanol–water partition coefficient (Wildman–Crippen LogP) is 5.55. The van der Waals surface area contributed by atoms with Crippen molar-refractivity contribution in [2.75, 3.05) is 11.1 Å². The maximum Gasteiger partial charge on any atom is 0.234 e. The molecule has 0 aliphatic heterocycles. The van der Waals surface area contributed by atoms with Crippen molar-refractivity contribution in [3.05, 3.63) is 77.6 Å². The Morgan fingerprint density at radius 3 is 2.65 bits per heavy atom. The van der Waals surface area contributed by atoms with Crippen LogP contribution in [0.1, 0.15) is 31.2 Å². The first-order valence-corrected chi connectivity index (χ1v) is 11.3. The van der Waals surface area contributed by atoms with Crippen LogP contribution in [0.4, 0.5) is 5.69 Å². The number of allylic oxidation sites excluding steroid dienone is 1. The minimum absolute atomic E-state index is 0.172. The second kappa shape index (κ2) is 11.0. The van der Waals surface area contributed by atoms with Gasteiger partial charge in [-0.25, -0.2) is 0 Å². The van der Waals surface area contributed by atoms with E-state index in [-0.39, 0.29) is 18.3 Å². The number of aromatic nitrogens is 3. The van der Waals surface area contributed by atoms with Crippen molar-refractivity contribution in [3.8, 4) is 5.75 Å². The Balaban J connectivity index is 1.61. The summed E-state index contributed by atoms with van der Waals surface area (Å²) < 4.78 is 7.78. The number of nitrogens with zero attached hydrogens (tertiary/aromatic N) is 3. The van der Waals surface area contributed by atoms with Crippen LogP contribution >= 0.6 is 23.4 Å². The van der Waals surface area contributed by atoms with Crippen LogP contribution in [-0.2, 0) is 17.9 Å². The van der Waals surface area contributed by atoms with Gasteiger partial charge in [0.25, 0.3) is 0 Å². The number of benzene rings is 2. The number of hydrogen-bond donors (Lipinski definition) is 1. The SMILES string of the molecule is C=CCn1c(COc2ccc(C(C)C)cc2)nnc1SCC(=O)Nc1ccccc1Cl. The molecule has 0 saturated heterocycles. The predicted molar refractivity (Wildman–Crippen MR) is 126 cm³/mol. The van der Waals surface area contributed by atoms with Gasteiger partial charge >= 0.3 is 0 Å². The lowest BCUT2D eigenvalue weighted by Gasteiger charge is -2.10. The standard InChI is InChI=1S/C23H25ClN4O2S/c1-4-13-28-21(14-30-18-11-9-17(10-12-18)16(2)3)26-27-23(28)31-15-22(29)25-20-8-6-5-7-19(20)24/h4-12,16H,1,13-15H2,2-3H3,(H,25,29). The lowest BCUT2D eigenvalue weighted by atomic mass is 10.0. The van der Waals surface area contributed by atoms with E-state index in [0.29, 0.717) is 34.2 Å². The van der Waals surface area contributed by atoms with Crippen LogP contribution in [-0.4, -0.2) is 26.4 Å². The summed E-state index contributed by atoms with van der Waals surface area (Å²) in [6.07, 6.45) is 1.76. The number of thioether (sulfide) groups is 1. The number of amides is 1. The molecule has 1 N–H and O–H groups in total. The minimum atomic E-state index is -0.172. The van der Waals surface area contributed by atoms with Gasteiger partial charge in [-0.05, 0) is 35.7 Å². The van der Waals surface area contributed by atoms with Crippen LogP contribution in [0.2, 0.25) is 5.02 Å². The highest BCUT2D eigenvalue weighted by atomic mass is 35.5. The monoisotopic (exact) mass is 456 g/mol. The van der Waals surface area contributed by atoms with Crippen molar-refractivity contribution in [1.82, 2.24) is 14.8 Å². The van der Waals surface area contributed by atoms with E-state index in [1.165, 1.54) is 17.3 Å². The Bertz CT molecular complexity index is 1030. The molecule has 31 heavy (non-hydrogen) atoms. The van der Waals surface area contributed by atoms with E-state index in [4.69, 9.17) is 16.3 Å². The highest BCUT2D eigenvalue weighted by Gasteiger charge is 2.15. The first-order valence-electron chi connectivity index (χ1n) is 9.91. The van der Waals surface area contributed by atoms with E-state index < -0.39 is 0 Å². The van der Waals surface area contributed by atoms with Gasteiger partial charge in [0.05, 0.1) is 16.5 Å². The molecule has 0 aliphatic rings.